The van der Waals surface area contributed by atoms with Crippen LogP contribution in [0.4, 0.5) is 0 Å². The average molecular weight is 208 g/mol. The molecule has 0 bridgehead atoms. The fraction of sp³-hybridized carbons (Fsp3) is 0.545. The van der Waals surface area contributed by atoms with Crippen molar-refractivity contribution in [1.29, 1.82) is 0 Å². The van der Waals surface area contributed by atoms with Gasteiger partial charge in [0.05, 0.1) is 6.26 Å². The molecule has 0 saturated heterocycles. The number of nitrogens with two attached hydrogens (primary N) is 1. The van der Waals surface area contributed by atoms with Gasteiger partial charge < -0.3 is 15.1 Å². The highest BCUT2D eigenvalue weighted by Crippen LogP contribution is 2.26. The van der Waals surface area contributed by atoms with Crippen molar-refractivity contribution in [2.75, 3.05) is 13.6 Å². The predicted octanol–water partition coefficient (Wildman–Crippen LogP) is 1.09. The number of nitrogens with zero attached hydrogens (tertiary/aromatic N) is 1. The predicted molar refractivity (Wildman–Crippen MR) is 56.4 cm³/mol. The number of amides is 1. The standard InChI is InChI=1S/C11H16N2O2/c1-13(7-8-5-9(12)6-8)11(14)10-3-2-4-15-10/h2-4,8-9H,5-7,12H2,1H3. The van der Waals surface area contributed by atoms with Crippen molar-refractivity contribution in [1.82, 2.24) is 4.90 Å². The van der Waals surface area contributed by atoms with Gasteiger partial charge in [-0.1, -0.05) is 0 Å². The van der Waals surface area contributed by atoms with E-state index in [-0.39, 0.29) is 5.91 Å². The molecule has 0 aliphatic heterocycles. The molecule has 1 aliphatic carbocycles. The zero-order valence-electron chi connectivity index (χ0n) is 8.85. The number of rotatable bonds is 3. The van der Waals surface area contributed by atoms with E-state index >= 15 is 0 Å². The van der Waals surface area contributed by atoms with Crippen LogP contribution >= 0.6 is 0 Å². The van der Waals surface area contributed by atoms with Gasteiger partial charge in [0.2, 0.25) is 0 Å². The zero-order valence-corrected chi connectivity index (χ0v) is 8.85. The molecule has 1 heterocycles. The fourth-order valence-corrected chi connectivity index (χ4v) is 1.99. The Morgan fingerprint density at radius 3 is 2.93 bits per heavy atom. The Morgan fingerprint density at radius 1 is 1.67 bits per heavy atom. The van der Waals surface area contributed by atoms with Crippen molar-refractivity contribution < 1.29 is 9.21 Å². The van der Waals surface area contributed by atoms with Crippen LogP contribution < -0.4 is 5.73 Å². The molecule has 4 nitrogen and oxygen atoms in total. The summed E-state index contributed by atoms with van der Waals surface area (Å²) in [4.78, 5) is 13.5. The Bertz CT molecular complexity index is 328. The van der Waals surface area contributed by atoms with E-state index in [9.17, 15) is 4.79 Å². The van der Waals surface area contributed by atoms with E-state index in [0.29, 0.717) is 17.7 Å². The van der Waals surface area contributed by atoms with Gasteiger partial charge >= 0.3 is 0 Å². The van der Waals surface area contributed by atoms with E-state index < -0.39 is 0 Å². The monoisotopic (exact) mass is 208 g/mol. The highest BCUT2D eigenvalue weighted by atomic mass is 16.3. The van der Waals surface area contributed by atoms with Crippen molar-refractivity contribution in [2.45, 2.75) is 18.9 Å². The summed E-state index contributed by atoms with van der Waals surface area (Å²) < 4.78 is 5.05. The molecule has 15 heavy (non-hydrogen) atoms. The van der Waals surface area contributed by atoms with Crippen molar-refractivity contribution in [3.63, 3.8) is 0 Å². The molecule has 1 aromatic rings. The molecule has 0 aromatic carbocycles. The van der Waals surface area contributed by atoms with Crippen molar-refractivity contribution in [2.24, 2.45) is 11.7 Å². The normalized spacial score (nSPS) is 24.7. The van der Waals surface area contributed by atoms with E-state index in [2.05, 4.69) is 0 Å². The van der Waals surface area contributed by atoms with Crippen molar-refractivity contribution in [3.8, 4) is 0 Å². The summed E-state index contributed by atoms with van der Waals surface area (Å²) in [5.41, 5.74) is 5.69. The Labute approximate surface area is 89.0 Å². The first-order valence-corrected chi connectivity index (χ1v) is 5.21. The van der Waals surface area contributed by atoms with Gasteiger partial charge in [0.1, 0.15) is 0 Å². The van der Waals surface area contributed by atoms with Crippen LogP contribution in [0.15, 0.2) is 22.8 Å². The molecule has 1 aliphatic rings. The quantitative estimate of drug-likeness (QED) is 0.808. The smallest absolute Gasteiger partial charge is 0.289 e. The number of carbonyl (C=O) groups excluding carboxylic acids is 1. The van der Waals surface area contributed by atoms with Crippen molar-refractivity contribution >= 4 is 5.91 Å². The summed E-state index contributed by atoms with van der Waals surface area (Å²) in [6, 6.07) is 3.74. The van der Waals surface area contributed by atoms with Crippen LogP contribution in [0.5, 0.6) is 0 Å². The van der Waals surface area contributed by atoms with Gasteiger partial charge in [0.15, 0.2) is 5.76 Å². The first-order chi connectivity index (χ1) is 7.16. The van der Waals surface area contributed by atoms with Gasteiger partial charge in [-0.25, -0.2) is 0 Å². The van der Waals surface area contributed by atoms with Crippen LogP contribution in [-0.2, 0) is 0 Å². The molecule has 2 N–H and O–H groups in total. The van der Waals surface area contributed by atoms with Crippen LogP contribution in [0.3, 0.4) is 0 Å². The van der Waals surface area contributed by atoms with Crippen LogP contribution in [0, 0.1) is 5.92 Å². The lowest BCUT2D eigenvalue weighted by Crippen LogP contribution is -2.43. The summed E-state index contributed by atoms with van der Waals surface area (Å²) >= 11 is 0. The second-order valence-corrected chi connectivity index (χ2v) is 4.26. The Morgan fingerprint density at radius 2 is 2.40 bits per heavy atom. The second-order valence-electron chi connectivity index (χ2n) is 4.26. The molecule has 1 aromatic heterocycles. The lowest BCUT2D eigenvalue weighted by atomic mass is 9.80. The second kappa shape index (κ2) is 4.06. The lowest BCUT2D eigenvalue weighted by Gasteiger charge is -2.35. The van der Waals surface area contributed by atoms with Gasteiger partial charge in [0.25, 0.3) is 5.91 Å². The molecule has 4 heteroatoms. The largest absolute Gasteiger partial charge is 0.459 e. The van der Waals surface area contributed by atoms with Gasteiger partial charge in [-0.2, -0.15) is 0 Å². The number of hydrogen-bond acceptors (Lipinski definition) is 3. The summed E-state index contributed by atoms with van der Waals surface area (Å²) in [5.74, 6) is 0.908. The maximum absolute atomic E-state index is 11.8. The number of furan rings is 1. The molecule has 0 spiro atoms. The van der Waals surface area contributed by atoms with Crippen LogP contribution in [0.1, 0.15) is 23.4 Å². The summed E-state index contributed by atoms with van der Waals surface area (Å²) in [6.07, 6.45) is 3.56. The van der Waals surface area contributed by atoms with E-state index in [1.807, 2.05) is 0 Å². The molecular formula is C11H16N2O2. The van der Waals surface area contributed by atoms with Crippen molar-refractivity contribution in [3.05, 3.63) is 24.2 Å². The summed E-state index contributed by atoms with van der Waals surface area (Å²) in [6.45, 7) is 0.771. The fourth-order valence-electron chi connectivity index (χ4n) is 1.99. The summed E-state index contributed by atoms with van der Waals surface area (Å²) in [5, 5.41) is 0. The molecule has 0 atom stereocenters. The Kier molecular flexibility index (Phi) is 2.77. The molecule has 1 amide bonds. The third-order valence-electron chi connectivity index (χ3n) is 2.88. The van der Waals surface area contributed by atoms with Gasteiger partial charge in [0, 0.05) is 19.6 Å². The molecular weight excluding hydrogens is 192 g/mol. The minimum Gasteiger partial charge on any atom is -0.459 e. The minimum atomic E-state index is -0.0551. The molecule has 1 fully saturated rings. The maximum atomic E-state index is 11.8. The number of hydrogen-bond donors (Lipinski definition) is 1. The first kappa shape index (κ1) is 10.2. The average Bonchev–Trinajstić information content (AvgIpc) is 2.66. The van der Waals surface area contributed by atoms with E-state index in [0.717, 1.165) is 19.4 Å². The van der Waals surface area contributed by atoms with Gasteiger partial charge in [-0.15, -0.1) is 0 Å². The number of carbonyl (C=O) groups is 1. The van der Waals surface area contributed by atoms with Gasteiger partial charge in [-0.05, 0) is 30.9 Å². The topological polar surface area (TPSA) is 59.5 Å². The lowest BCUT2D eigenvalue weighted by molar-refractivity contribution is 0.0703. The van der Waals surface area contributed by atoms with Gasteiger partial charge in [-0.3, -0.25) is 4.79 Å². The van der Waals surface area contributed by atoms with E-state index in [1.54, 1.807) is 24.1 Å². The molecule has 0 radical (unpaired) electrons. The molecule has 0 unspecified atom stereocenters. The minimum absolute atomic E-state index is 0.0551. The first-order valence-electron chi connectivity index (χ1n) is 5.21. The van der Waals surface area contributed by atoms with E-state index in [4.69, 9.17) is 10.2 Å². The maximum Gasteiger partial charge on any atom is 0.289 e. The Balaban J connectivity index is 1.86. The molecule has 2 rings (SSSR count). The third-order valence-corrected chi connectivity index (χ3v) is 2.88. The molecule has 1 saturated carbocycles. The third kappa shape index (κ3) is 2.21. The Hall–Kier alpha value is -1.29. The highest BCUT2D eigenvalue weighted by molar-refractivity contribution is 5.91. The van der Waals surface area contributed by atoms with Crippen LogP contribution in [0.2, 0.25) is 0 Å². The highest BCUT2D eigenvalue weighted by Gasteiger charge is 2.28. The van der Waals surface area contributed by atoms with Crippen LogP contribution in [0.25, 0.3) is 0 Å². The zero-order chi connectivity index (χ0) is 10.8. The summed E-state index contributed by atoms with van der Waals surface area (Å²) in [7, 11) is 1.80. The van der Waals surface area contributed by atoms with E-state index in [1.165, 1.54) is 6.26 Å². The molecule has 82 valence electrons. The SMILES string of the molecule is CN(CC1CC(N)C1)C(=O)c1ccco1. The van der Waals surface area contributed by atoms with Crippen LogP contribution in [-0.4, -0.2) is 30.4 Å².